The van der Waals surface area contributed by atoms with Crippen molar-refractivity contribution in [2.45, 2.75) is 90.6 Å². The van der Waals surface area contributed by atoms with Crippen molar-refractivity contribution in [3.8, 4) is 0 Å². The first-order valence-electron chi connectivity index (χ1n) is 13.5. The van der Waals surface area contributed by atoms with Gasteiger partial charge in [-0.05, 0) is 50.6 Å². The van der Waals surface area contributed by atoms with E-state index in [9.17, 15) is 4.79 Å². The van der Waals surface area contributed by atoms with Gasteiger partial charge in [0.1, 0.15) is 6.61 Å². The summed E-state index contributed by atoms with van der Waals surface area (Å²) in [4.78, 5) is 11.7. The molecule has 0 aliphatic heterocycles. The first kappa shape index (κ1) is 30.3. The minimum absolute atomic E-state index is 0.215. The minimum atomic E-state index is -0.215. The third-order valence-corrected chi connectivity index (χ3v) is 5.56. The SMILES string of the molecule is CCCCCCCC/C=C\CCCCCNCC(=O)OCCOCCCOCc1ccccc1. The maximum Gasteiger partial charge on any atom is 0.319 e. The van der Waals surface area contributed by atoms with Gasteiger partial charge in [-0.2, -0.15) is 0 Å². The van der Waals surface area contributed by atoms with Crippen LogP contribution in [-0.2, 0) is 25.6 Å². The molecule has 0 bridgehead atoms. The van der Waals surface area contributed by atoms with E-state index in [0.717, 1.165) is 25.8 Å². The molecule has 0 unspecified atom stereocenters. The molecule has 0 heterocycles. The number of rotatable bonds is 24. The quantitative estimate of drug-likeness (QED) is 0.104. The zero-order valence-electron chi connectivity index (χ0n) is 21.6. The van der Waals surface area contributed by atoms with Crippen LogP contribution in [-0.4, -0.2) is 45.5 Å². The summed E-state index contributed by atoms with van der Waals surface area (Å²) >= 11 is 0. The van der Waals surface area contributed by atoms with Crippen molar-refractivity contribution in [1.82, 2.24) is 5.32 Å². The summed E-state index contributed by atoms with van der Waals surface area (Å²) < 4.78 is 16.3. The van der Waals surface area contributed by atoms with Gasteiger partial charge >= 0.3 is 5.97 Å². The van der Waals surface area contributed by atoms with E-state index in [1.54, 1.807) is 0 Å². The third-order valence-electron chi connectivity index (χ3n) is 5.56. The molecule has 0 aliphatic carbocycles. The Balaban J connectivity index is 1.75. The Bertz CT molecular complexity index is 591. The van der Waals surface area contributed by atoms with Crippen molar-refractivity contribution >= 4 is 5.97 Å². The Hall–Kier alpha value is -1.69. The van der Waals surface area contributed by atoms with Crippen molar-refractivity contribution in [2.75, 3.05) is 39.5 Å². The van der Waals surface area contributed by atoms with Crippen molar-refractivity contribution < 1.29 is 19.0 Å². The molecule has 0 radical (unpaired) electrons. The van der Waals surface area contributed by atoms with Gasteiger partial charge in [0.25, 0.3) is 0 Å². The third kappa shape index (κ3) is 20.9. The van der Waals surface area contributed by atoms with E-state index in [-0.39, 0.29) is 12.5 Å². The van der Waals surface area contributed by atoms with Crippen LogP contribution >= 0.6 is 0 Å². The molecule has 5 heteroatoms. The number of nitrogens with one attached hydrogen (secondary N) is 1. The van der Waals surface area contributed by atoms with Crippen LogP contribution in [0.4, 0.5) is 0 Å². The zero-order chi connectivity index (χ0) is 24.4. The number of hydrogen-bond acceptors (Lipinski definition) is 5. The normalized spacial score (nSPS) is 11.3. The van der Waals surface area contributed by atoms with Crippen LogP contribution in [0.2, 0.25) is 0 Å². The number of hydrogen-bond donors (Lipinski definition) is 1. The molecule has 0 saturated carbocycles. The molecule has 0 fully saturated rings. The standard InChI is InChI=1S/C29H49NO4/c1-2-3-4-5-6-7-8-9-10-11-12-13-17-21-30-26-29(31)34-25-24-32-22-18-23-33-27-28-19-15-14-16-20-28/h9-10,14-16,19-20,30H,2-8,11-13,17-18,21-27H2,1H3/b10-9-. The number of benzene rings is 1. The van der Waals surface area contributed by atoms with E-state index in [0.29, 0.717) is 33.0 Å². The van der Waals surface area contributed by atoms with Gasteiger partial charge in [0.05, 0.1) is 19.8 Å². The van der Waals surface area contributed by atoms with Crippen LogP contribution in [0, 0.1) is 0 Å². The Kier molecular flexibility index (Phi) is 21.8. The maximum absolute atomic E-state index is 11.7. The van der Waals surface area contributed by atoms with Crippen LogP contribution in [0.15, 0.2) is 42.5 Å². The highest BCUT2D eigenvalue weighted by molar-refractivity contribution is 5.71. The first-order valence-corrected chi connectivity index (χ1v) is 13.5. The highest BCUT2D eigenvalue weighted by Gasteiger charge is 2.01. The monoisotopic (exact) mass is 475 g/mol. The van der Waals surface area contributed by atoms with E-state index in [1.165, 1.54) is 63.4 Å². The van der Waals surface area contributed by atoms with Gasteiger partial charge < -0.3 is 19.5 Å². The van der Waals surface area contributed by atoms with Gasteiger partial charge in [-0.1, -0.05) is 87.9 Å². The zero-order valence-corrected chi connectivity index (χ0v) is 21.6. The molecular formula is C29H49NO4. The van der Waals surface area contributed by atoms with E-state index in [4.69, 9.17) is 14.2 Å². The lowest BCUT2D eigenvalue weighted by atomic mass is 10.1. The lowest BCUT2D eigenvalue weighted by Crippen LogP contribution is -2.26. The van der Waals surface area contributed by atoms with Gasteiger partial charge in [-0.25, -0.2) is 0 Å². The number of ether oxygens (including phenoxy) is 3. The molecule has 0 atom stereocenters. The molecule has 1 aromatic rings. The topological polar surface area (TPSA) is 56.8 Å². The van der Waals surface area contributed by atoms with Gasteiger partial charge in [0.15, 0.2) is 0 Å². The maximum atomic E-state index is 11.7. The number of allylic oxidation sites excluding steroid dienone is 2. The van der Waals surface area contributed by atoms with Crippen molar-refractivity contribution in [1.29, 1.82) is 0 Å². The molecule has 0 aliphatic rings. The Morgan fingerprint density at radius 3 is 2.21 bits per heavy atom. The summed E-state index contributed by atoms with van der Waals surface area (Å²) in [5, 5.41) is 3.16. The summed E-state index contributed by atoms with van der Waals surface area (Å²) in [6, 6.07) is 10.1. The number of esters is 1. The van der Waals surface area contributed by atoms with Crippen molar-refractivity contribution in [2.24, 2.45) is 0 Å². The van der Waals surface area contributed by atoms with Gasteiger partial charge in [0.2, 0.25) is 0 Å². The first-order chi connectivity index (χ1) is 16.8. The summed E-state index contributed by atoms with van der Waals surface area (Å²) in [6.45, 7) is 6.02. The molecular weight excluding hydrogens is 426 g/mol. The second-order valence-corrected chi connectivity index (χ2v) is 8.78. The predicted octanol–water partition coefficient (Wildman–Crippen LogP) is 6.61. The molecule has 194 valence electrons. The molecule has 1 rings (SSSR count). The van der Waals surface area contributed by atoms with E-state index in [1.807, 2.05) is 18.2 Å². The van der Waals surface area contributed by atoms with E-state index < -0.39 is 0 Å². The number of carbonyl (C=O) groups is 1. The second kappa shape index (κ2) is 24.4. The van der Waals surface area contributed by atoms with Crippen LogP contribution in [0.5, 0.6) is 0 Å². The summed E-state index contributed by atoms with van der Waals surface area (Å²) in [5.41, 5.74) is 1.18. The molecule has 0 aromatic heterocycles. The van der Waals surface area contributed by atoms with Crippen LogP contribution in [0.3, 0.4) is 0 Å². The average molecular weight is 476 g/mol. The smallest absolute Gasteiger partial charge is 0.319 e. The summed E-state index contributed by atoms with van der Waals surface area (Å²) in [7, 11) is 0. The number of unbranched alkanes of at least 4 members (excludes halogenated alkanes) is 9. The van der Waals surface area contributed by atoms with Crippen LogP contribution in [0.1, 0.15) is 89.5 Å². The second-order valence-electron chi connectivity index (χ2n) is 8.78. The fourth-order valence-corrected chi connectivity index (χ4v) is 3.55. The van der Waals surface area contributed by atoms with Crippen molar-refractivity contribution in [3.05, 3.63) is 48.0 Å². The molecule has 0 spiro atoms. The Morgan fingerprint density at radius 1 is 0.765 bits per heavy atom. The van der Waals surface area contributed by atoms with E-state index in [2.05, 4.69) is 36.5 Å². The molecule has 5 nitrogen and oxygen atoms in total. The fourth-order valence-electron chi connectivity index (χ4n) is 3.55. The Morgan fingerprint density at radius 2 is 1.44 bits per heavy atom. The Labute approximate surface area is 208 Å². The average Bonchev–Trinajstić information content (AvgIpc) is 2.86. The molecule has 1 N–H and O–H groups in total. The van der Waals surface area contributed by atoms with E-state index >= 15 is 0 Å². The molecule has 1 aromatic carbocycles. The lowest BCUT2D eigenvalue weighted by molar-refractivity contribution is -0.144. The predicted molar refractivity (Wildman–Crippen MR) is 141 cm³/mol. The molecule has 0 saturated heterocycles. The fraction of sp³-hybridized carbons (Fsp3) is 0.690. The van der Waals surface area contributed by atoms with Crippen LogP contribution in [0.25, 0.3) is 0 Å². The highest BCUT2D eigenvalue weighted by Crippen LogP contribution is 2.08. The minimum Gasteiger partial charge on any atom is -0.462 e. The van der Waals surface area contributed by atoms with Gasteiger partial charge in [-0.15, -0.1) is 0 Å². The summed E-state index contributed by atoms with van der Waals surface area (Å²) in [5.74, 6) is -0.215. The van der Waals surface area contributed by atoms with Gasteiger partial charge in [-0.3, -0.25) is 4.79 Å². The molecule has 0 amide bonds. The highest BCUT2D eigenvalue weighted by atomic mass is 16.6. The van der Waals surface area contributed by atoms with Crippen molar-refractivity contribution in [3.63, 3.8) is 0 Å². The van der Waals surface area contributed by atoms with Gasteiger partial charge in [0, 0.05) is 13.2 Å². The van der Waals surface area contributed by atoms with Crippen LogP contribution < -0.4 is 5.32 Å². The lowest BCUT2D eigenvalue weighted by Gasteiger charge is -2.08. The largest absolute Gasteiger partial charge is 0.462 e. The molecule has 34 heavy (non-hydrogen) atoms. The number of carbonyl (C=O) groups excluding carboxylic acids is 1. The summed E-state index contributed by atoms with van der Waals surface area (Å²) in [6.07, 6.45) is 19.6.